The van der Waals surface area contributed by atoms with Gasteiger partial charge in [-0.2, -0.15) is 9.78 Å². The van der Waals surface area contributed by atoms with E-state index < -0.39 is 46.6 Å². The molecule has 216 valence electrons. The van der Waals surface area contributed by atoms with Gasteiger partial charge in [0.15, 0.2) is 11.6 Å². The molecule has 1 N–H and O–H groups in total. The van der Waals surface area contributed by atoms with Crippen molar-refractivity contribution in [3.8, 4) is 16.9 Å². The van der Waals surface area contributed by atoms with Crippen LogP contribution >= 0.6 is 0 Å². The van der Waals surface area contributed by atoms with Gasteiger partial charge in [0.2, 0.25) is 0 Å². The number of hydrogen-bond acceptors (Lipinski definition) is 6. The van der Waals surface area contributed by atoms with E-state index in [0.717, 1.165) is 22.9 Å². The van der Waals surface area contributed by atoms with Gasteiger partial charge >= 0.3 is 0 Å². The minimum absolute atomic E-state index is 0.0157. The summed E-state index contributed by atoms with van der Waals surface area (Å²) >= 11 is 0. The number of aromatic nitrogens is 5. The Morgan fingerprint density at radius 3 is 2.36 bits per heavy atom. The minimum atomic E-state index is -3.33. The number of anilines is 1. The van der Waals surface area contributed by atoms with E-state index >= 15 is 0 Å². The maximum absolute atomic E-state index is 14.7. The minimum Gasteiger partial charge on any atom is -0.378 e. The third kappa shape index (κ3) is 5.01. The van der Waals surface area contributed by atoms with Crippen LogP contribution in [-0.4, -0.2) is 24.3 Å². The number of hydrogen-bond donors (Lipinski definition) is 1. The Bertz CT molecular complexity index is 1990. The van der Waals surface area contributed by atoms with Crippen molar-refractivity contribution in [2.45, 2.75) is 33.2 Å². The Labute approximate surface area is 235 Å². The van der Waals surface area contributed by atoms with E-state index in [2.05, 4.69) is 20.4 Å². The molecule has 0 aliphatic carbocycles. The lowest BCUT2D eigenvalue weighted by molar-refractivity contribution is 0.146. The number of benzene rings is 2. The van der Waals surface area contributed by atoms with Crippen LogP contribution in [0.2, 0.25) is 0 Å². The molecular formula is C29H23F5N6O2. The molecule has 0 bridgehead atoms. The highest BCUT2D eigenvalue weighted by Gasteiger charge is 2.24. The van der Waals surface area contributed by atoms with Crippen molar-refractivity contribution >= 4 is 16.5 Å². The van der Waals surface area contributed by atoms with Crippen molar-refractivity contribution in [1.29, 1.82) is 0 Å². The summed E-state index contributed by atoms with van der Waals surface area (Å²) in [5.74, 6) is -3.38. The van der Waals surface area contributed by atoms with Crippen LogP contribution in [0, 0.1) is 31.3 Å². The first-order valence-electron chi connectivity index (χ1n) is 12.6. The second-order valence-corrected chi connectivity index (χ2v) is 9.72. The van der Waals surface area contributed by atoms with Crippen LogP contribution < -0.4 is 16.4 Å². The van der Waals surface area contributed by atoms with Gasteiger partial charge in [0.1, 0.15) is 17.3 Å². The largest absolute Gasteiger partial charge is 0.378 e. The summed E-state index contributed by atoms with van der Waals surface area (Å²) < 4.78 is 72.1. The average molecular weight is 583 g/mol. The quantitative estimate of drug-likeness (QED) is 0.259. The number of nitrogens with zero attached hydrogens (tertiary/aromatic N) is 5. The van der Waals surface area contributed by atoms with Crippen molar-refractivity contribution in [1.82, 2.24) is 24.3 Å². The van der Waals surface area contributed by atoms with Crippen LogP contribution in [0.15, 0.2) is 58.4 Å². The second-order valence-electron chi connectivity index (χ2n) is 9.72. The van der Waals surface area contributed by atoms with Crippen LogP contribution in [0.5, 0.6) is 0 Å². The smallest absolute Gasteiger partial charge is 0.272 e. The van der Waals surface area contributed by atoms with Crippen molar-refractivity contribution < 1.29 is 22.0 Å². The molecule has 0 spiro atoms. The summed E-state index contributed by atoms with van der Waals surface area (Å²) in [5, 5.41) is 7.16. The fourth-order valence-corrected chi connectivity index (χ4v) is 4.87. The van der Waals surface area contributed by atoms with Crippen molar-refractivity contribution in [2.75, 3.05) is 5.32 Å². The first-order valence-corrected chi connectivity index (χ1v) is 12.6. The fourth-order valence-electron chi connectivity index (χ4n) is 4.87. The molecule has 0 amide bonds. The summed E-state index contributed by atoms with van der Waals surface area (Å²) in [6.45, 7) is 4.92. The molecule has 0 aliphatic heterocycles. The zero-order chi connectivity index (χ0) is 30.5. The van der Waals surface area contributed by atoms with Gasteiger partial charge in [-0.3, -0.25) is 9.59 Å². The normalized spacial score (nSPS) is 12.2. The van der Waals surface area contributed by atoms with Gasteiger partial charge in [-0.05, 0) is 62.1 Å². The molecule has 5 rings (SSSR count). The third-order valence-corrected chi connectivity index (χ3v) is 6.94. The van der Waals surface area contributed by atoms with Gasteiger partial charge in [0, 0.05) is 30.4 Å². The van der Waals surface area contributed by atoms with Gasteiger partial charge in [0.05, 0.1) is 34.7 Å². The molecule has 2 aromatic carbocycles. The monoisotopic (exact) mass is 582 g/mol. The van der Waals surface area contributed by atoms with Crippen molar-refractivity contribution in [3.63, 3.8) is 0 Å². The molecule has 8 nitrogen and oxygen atoms in total. The van der Waals surface area contributed by atoms with Gasteiger partial charge < -0.3 is 9.88 Å². The topological polar surface area (TPSA) is 94.7 Å². The van der Waals surface area contributed by atoms with E-state index in [0.29, 0.717) is 23.3 Å². The summed E-state index contributed by atoms with van der Waals surface area (Å²) in [6, 6.07) is 5.69. The highest BCUT2D eigenvalue weighted by Crippen LogP contribution is 2.35. The van der Waals surface area contributed by atoms with Crippen LogP contribution in [0.3, 0.4) is 0 Å². The Morgan fingerprint density at radius 2 is 1.69 bits per heavy atom. The van der Waals surface area contributed by atoms with Crippen LogP contribution in [0.4, 0.5) is 27.6 Å². The summed E-state index contributed by atoms with van der Waals surface area (Å²) in [7, 11) is 1.45. The SMILES string of the molecule is Cc1ncc(-n2ncc(-c3cc4c(C(C)Nc5ccc(F)c(F)c5C(F)F)cc(F)cc4c(=O)n3C)cc2=O)c(C)n1. The molecule has 1 atom stereocenters. The summed E-state index contributed by atoms with van der Waals surface area (Å²) in [4.78, 5) is 34.8. The van der Waals surface area contributed by atoms with E-state index in [9.17, 15) is 31.5 Å². The Balaban J connectivity index is 1.63. The van der Waals surface area contributed by atoms with E-state index in [1.165, 1.54) is 37.0 Å². The molecule has 0 fully saturated rings. The first kappa shape index (κ1) is 28.6. The highest BCUT2D eigenvalue weighted by molar-refractivity contribution is 5.89. The van der Waals surface area contributed by atoms with Crippen LogP contribution in [0.1, 0.15) is 42.0 Å². The zero-order valence-corrected chi connectivity index (χ0v) is 22.7. The maximum atomic E-state index is 14.7. The standard InChI is InChI=1S/C29H23F5N6O2/c1-13(38-22-6-5-21(31)27(32)26(22)28(33)34)18-8-17(30)9-20-19(18)10-23(39(4)29(20)42)16-7-25(41)40(36-11-16)24-12-35-15(3)37-14(24)2/h5-13,28,38H,1-4H3. The molecule has 0 saturated carbocycles. The fraction of sp³-hybridized carbons (Fsp3) is 0.207. The number of aryl methyl sites for hydroxylation is 2. The summed E-state index contributed by atoms with van der Waals surface area (Å²) in [5.41, 5.74) is -1.04. The molecule has 42 heavy (non-hydrogen) atoms. The Kier molecular flexibility index (Phi) is 7.35. The second kappa shape index (κ2) is 10.8. The van der Waals surface area contributed by atoms with Crippen molar-refractivity contribution in [2.24, 2.45) is 7.05 Å². The lowest BCUT2D eigenvalue weighted by atomic mass is 9.98. The van der Waals surface area contributed by atoms with Gasteiger partial charge in [-0.25, -0.2) is 31.9 Å². The predicted octanol–water partition coefficient (Wildman–Crippen LogP) is 5.69. The van der Waals surface area contributed by atoms with Crippen molar-refractivity contribution in [3.05, 3.63) is 110 Å². The molecule has 0 saturated heterocycles. The van der Waals surface area contributed by atoms with E-state index in [4.69, 9.17) is 0 Å². The van der Waals surface area contributed by atoms with Gasteiger partial charge in [-0.1, -0.05) is 0 Å². The number of alkyl halides is 2. The number of fused-ring (bicyclic) bond motifs is 1. The highest BCUT2D eigenvalue weighted by atomic mass is 19.3. The van der Waals surface area contributed by atoms with Crippen LogP contribution in [-0.2, 0) is 7.05 Å². The third-order valence-electron chi connectivity index (χ3n) is 6.94. The molecule has 1 unspecified atom stereocenters. The molecule has 5 aromatic rings. The number of pyridine rings is 1. The molecule has 13 heteroatoms. The number of rotatable bonds is 6. The first-order chi connectivity index (χ1) is 19.9. The average Bonchev–Trinajstić information content (AvgIpc) is 2.93. The van der Waals surface area contributed by atoms with Crippen LogP contribution in [0.25, 0.3) is 27.7 Å². The molecule has 3 heterocycles. The number of nitrogens with one attached hydrogen (secondary N) is 1. The van der Waals surface area contributed by atoms with E-state index in [-0.39, 0.29) is 33.3 Å². The Morgan fingerprint density at radius 1 is 0.952 bits per heavy atom. The predicted molar refractivity (Wildman–Crippen MR) is 146 cm³/mol. The van der Waals surface area contributed by atoms with E-state index in [1.807, 2.05) is 0 Å². The van der Waals surface area contributed by atoms with Gasteiger partial charge in [-0.15, -0.1) is 0 Å². The molecular weight excluding hydrogens is 559 g/mol. The lowest BCUT2D eigenvalue weighted by Crippen LogP contribution is -2.24. The summed E-state index contributed by atoms with van der Waals surface area (Å²) in [6.07, 6.45) is -0.481. The lowest BCUT2D eigenvalue weighted by Gasteiger charge is -2.21. The number of halogens is 5. The zero-order valence-electron chi connectivity index (χ0n) is 22.7. The van der Waals surface area contributed by atoms with E-state index in [1.54, 1.807) is 19.9 Å². The molecule has 0 radical (unpaired) electrons. The van der Waals surface area contributed by atoms with Gasteiger partial charge in [0.25, 0.3) is 17.5 Å². The maximum Gasteiger partial charge on any atom is 0.272 e. The molecule has 3 aromatic heterocycles. The Hall–Kier alpha value is -4.94. The molecule has 0 aliphatic rings.